The molecule has 0 unspecified atom stereocenters. The molecule has 9 heteroatoms. The minimum absolute atomic E-state index is 0.0530. The van der Waals surface area contributed by atoms with Crippen LogP contribution < -0.4 is 10.6 Å². The highest BCUT2D eigenvalue weighted by Crippen LogP contribution is 2.07. The van der Waals surface area contributed by atoms with Crippen molar-refractivity contribution in [3.05, 3.63) is 0 Å². The van der Waals surface area contributed by atoms with Crippen LogP contribution in [0.1, 0.15) is 12.8 Å². The van der Waals surface area contributed by atoms with Gasteiger partial charge in [0.05, 0.1) is 6.54 Å². The lowest BCUT2D eigenvalue weighted by Gasteiger charge is -2.21. The largest absolute Gasteiger partial charge is 0.480 e. The Morgan fingerprint density at radius 3 is 2.29 bits per heavy atom. The number of likely N-dealkylation sites (N-methyl/N-ethyl adjacent to an activating group) is 1. The van der Waals surface area contributed by atoms with Crippen LogP contribution in [-0.2, 0) is 14.4 Å². The second kappa shape index (κ2) is 8.08. The number of nitrogens with zero attached hydrogens (tertiary/aromatic N) is 2. The van der Waals surface area contributed by atoms with Crippen molar-refractivity contribution in [2.45, 2.75) is 12.8 Å². The number of urea groups is 1. The van der Waals surface area contributed by atoms with E-state index in [4.69, 9.17) is 5.11 Å². The lowest BCUT2D eigenvalue weighted by atomic mass is 10.4. The van der Waals surface area contributed by atoms with Gasteiger partial charge in [-0.3, -0.25) is 14.4 Å². The molecule has 9 nitrogen and oxygen atoms in total. The Balaban J connectivity index is 2.25. The van der Waals surface area contributed by atoms with Crippen molar-refractivity contribution in [2.75, 3.05) is 39.8 Å². The standard InChI is InChI=1S/C12H20N4O5/c1-15(8-10(18)16-4-2-3-5-16)12(21)14-6-9(17)13-7-11(19)20/h2-8H2,1H3,(H,13,17)(H,14,21)(H,19,20). The van der Waals surface area contributed by atoms with Crippen LogP contribution in [0.2, 0.25) is 0 Å². The van der Waals surface area contributed by atoms with E-state index in [1.54, 1.807) is 4.90 Å². The van der Waals surface area contributed by atoms with Gasteiger partial charge in [0, 0.05) is 20.1 Å². The topological polar surface area (TPSA) is 119 Å². The Morgan fingerprint density at radius 2 is 1.71 bits per heavy atom. The fourth-order valence-corrected chi connectivity index (χ4v) is 1.87. The van der Waals surface area contributed by atoms with Crippen molar-refractivity contribution in [1.29, 1.82) is 0 Å². The quantitative estimate of drug-likeness (QED) is 0.549. The molecular weight excluding hydrogens is 280 g/mol. The molecule has 4 amide bonds. The monoisotopic (exact) mass is 300 g/mol. The Labute approximate surface area is 122 Å². The molecule has 118 valence electrons. The maximum Gasteiger partial charge on any atom is 0.322 e. The summed E-state index contributed by atoms with van der Waals surface area (Å²) < 4.78 is 0. The normalized spacial score (nSPS) is 13.7. The second-order valence-corrected chi connectivity index (χ2v) is 4.77. The number of likely N-dealkylation sites (tertiary alicyclic amines) is 1. The summed E-state index contributed by atoms with van der Waals surface area (Å²) in [7, 11) is 1.46. The number of rotatable bonds is 6. The lowest BCUT2D eigenvalue weighted by Crippen LogP contribution is -2.47. The van der Waals surface area contributed by atoms with Crippen LogP contribution in [-0.4, -0.2) is 78.5 Å². The Bertz CT molecular complexity index is 420. The first-order valence-corrected chi connectivity index (χ1v) is 6.65. The Hall–Kier alpha value is -2.32. The fourth-order valence-electron chi connectivity index (χ4n) is 1.87. The third-order valence-electron chi connectivity index (χ3n) is 3.01. The molecule has 3 N–H and O–H groups in total. The van der Waals surface area contributed by atoms with Crippen molar-refractivity contribution in [2.24, 2.45) is 0 Å². The molecule has 0 aromatic carbocycles. The van der Waals surface area contributed by atoms with Crippen molar-refractivity contribution >= 4 is 23.8 Å². The van der Waals surface area contributed by atoms with Gasteiger partial charge in [0.15, 0.2) is 0 Å². The molecule has 1 fully saturated rings. The zero-order chi connectivity index (χ0) is 15.8. The summed E-state index contributed by atoms with van der Waals surface area (Å²) in [5, 5.41) is 12.8. The third-order valence-corrected chi connectivity index (χ3v) is 3.01. The van der Waals surface area contributed by atoms with E-state index in [-0.39, 0.29) is 19.0 Å². The molecule has 0 saturated carbocycles. The summed E-state index contributed by atoms with van der Waals surface area (Å²) in [6, 6.07) is -0.562. The van der Waals surface area contributed by atoms with Gasteiger partial charge in [-0.1, -0.05) is 0 Å². The lowest BCUT2D eigenvalue weighted by molar-refractivity contribution is -0.137. The number of carbonyl (C=O) groups excluding carboxylic acids is 3. The van der Waals surface area contributed by atoms with Gasteiger partial charge >= 0.3 is 12.0 Å². The number of nitrogens with one attached hydrogen (secondary N) is 2. The van der Waals surface area contributed by atoms with Gasteiger partial charge in [0.2, 0.25) is 11.8 Å². The maximum absolute atomic E-state index is 11.8. The van der Waals surface area contributed by atoms with Gasteiger partial charge in [0.25, 0.3) is 0 Å². The van der Waals surface area contributed by atoms with Gasteiger partial charge < -0.3 is 25.5 Å². The molecule has 0 atom stereocenters. The summed E-state index contributed by atoms with van der Waals surface area (Å²) in [6.07, 6.45) is 1.96. The summed E-state index contributed by atoms with van der Waals surface area (Å²) in [4.78, 5) is 47.9. The molecule has 0 aliphatic carbocycles. The zero-order valence-electron chi connectivity index (χ0n) is 11.9. The highest BCUT2D eigenvalue weighted by molar-refractivity contribution is 5.88. The molecule has 1 heterocycles. The van der Waals surface area contributed by atoms with E-state index >= 15 is 0 Å². The smallest absolute Gasteiger partial charge is 0.322 e. The van der Waals surface area contributed by atoms with Gasteiger partial charge in [-0.05, 0) is 12.8 Å². The highest BCUT2D eigenvalue weighted by Gasteiger charge is 2.21. The molecular formula is C12H20N4O5. The number of carboxylic acids is 1. The number of aliphatic carboxylic acids is 1. The average molecular weight is 300 g/mol. The molecule has 1 aliphatic rings. The van der Waals surface area contributed by atoms with Crippen LogP contribution in [0.5, 0.6) is 0 Å². The zero-order valence-corrected chi connectivity index (χ0v) is 11.9. The number of carboxylic acid groups (broad SMARTS) is 1. The second-order valence-electron chi connectivity index (χ2n) is 4.77. The number of amides is 4. The summed E-state index contributed by atoms with van der Waals surface area (Å²) >= 11 is 0. The molecule has 1 aliphatic heterocycles. The minimum Gasteiger partial charge on any atom is -0.480 e. The van der Waals surface area contributed by atoms with Crippen LogP contribution in [0.3, 0.4) is 0 Å². The van der Waals surface area contributed by atoms with Gasteiger partial charge in [-0.2, -0.15) is 0 Å². The highest BCUT2D eigenvalue weighted by atomic mass is 16.4. The van der Waals surface area contributed by atoms with E-state index in [2.05, 4.69) is 10.6 Å². The van der Waals surface area contributed by atoms with Crippen LogP contribution in [0, 0.1) is 0 Å². The summed E-state index contributed by atoms with van der Waals surface area (Å²) in [6.45, 7) is 0.534. The van der Waals surface area contributed by atoms with Crippen LogP contribution >= 0.6 is 0 Å². The summed E-state index contributed by atoms with van der Waals surface area (Å²) in [5.74, 6) is -1.89. The number of hydrogen-bond donors (Lipinski definition) is 3. The Morgan fingerprint density at radius 1 is 1.10 bits per heavy atom. The molecule has 1 saturated heterocycles. The molecule has 0 spiro atoms. The van der Waals surface area contributed by atoms with Gasteiger partial charge in [-0.25, -0.2) is 4.79 Å². The van der Waals surface area contributed by atoms with Crippen molar-refractivity contribution < 1.29 is 24.3 Å². The van der Waals surface area contributed by atoms with Crippen LogP contribution in [0.15, 0.2) is 0 Å². The average Bonchev–Trinajstić information content (AvgIpc) is 2.96. The molecule has 0 bridgehead atoms. The first kappa shape index (κ1) is 16.7. The van der Waals surface area contributed by atoms with E-state index in [1.807, 2.05) is 0 Å². The van der Waals surface area contributed by atoms with E-state index < -0.39 is 24.5 Å². The molecule has 0 aromatic heterocycles. The predicted molar refractivity (Wildman–Crippen MR) is 72.5 cm³/mol. The number of carbonyl (C=O) groups is 4. The van der Waals surface area contributed by atoms with E-state index in [0.29, 0.717) is 13.1 Å². The first-order chi connectivity index (χ1) is 9.90. The van der Waals surface area contributed by atoms with Crippen LogP contribution in [0.4, 0.5) is 4.79 Å². The van der Waals surface area contributed by atoms with Gasteiger partial charge in [-0.15, -0.1) is 0 Å². The van der Waals surface area contributed by atoms with Crippen molar-refractivity contribution in [3.8, 4) is 0 Å². The minimum atomic E-state index is -1.16. The van der Waals surface area contributed by atoms with Crippen LogP contribution in [0.25, 0.3) is 0 Å². The third kappa shape index (κ3) is 6.11. The first-order valence-electron chi connectivity index (χ1n) is 6.65. The maximum atomic E-state index is 11.8. The number of hydrogen-bond acceptors (Lipinski definition) is 4. The fraction of sp³-hybridized carbons (Fsp3) is 0.667. The van der Waals surface area contributed by atoms with E-state index in [0.717, 1.165) is 12.8 Å². The Kier molecular flexibility index (Phi) is 6.44. The van der Waals surface area contributed by atoms with Gasteiger partial charge in [0.1, 0.15) is 13.1 Å². The van der Waals surface area contributed by atoms with E-state index in [1.165, 1.54) is 11.9 Å². The molecule has 0 aromatic rings. The van der Waals surface area contributed by atoms with Crippen molar-refractivity contribution in [1.82, 2.24) is 20.4 Å². The van der Waals surface area contributed by atoms with Crippen molar-refractivity contribution in [3.63, 3.8) is 0 Å². The summed E-state index contributed by atoms with van der Waals surface area (Å²) in [5.41, 5.74) is 0. The predicted octanol–water partition coefficient (Wildman–Crippen LogP) is -1.55. The molecule has 1 rings (SSSR count). The SMILES string of the molecule is CN(CC(=O)N1CCCC1)C(=O)NCC(=O)NCC(=O)O. The molecule has 0 radical (unpaired) electrons. The van der Waals surface area contributed by atoms with E-state index in [9.17, 15) is 19.2 Å². The molecule has 21 heavy (non-hydrogen) atoms.